The fourth-order valence-corrected chi connectivity index (χ4v) is 2.40. The summed E-state index contributed by atoms with van der Waals surface area (Å²) in [4.78, 5) is 0. The van der Waals surface area contributed by atoms with Gasteiger partial charge in [-0.2, -0.15) is 0 Å². The molecule has 1 aliphatic rings. The maximum atomic E-state index is 5.93. The van der Waals surface area contributed by atoms with Crippen molar-refractivity contribution in [2.75, 3.05) is 13.8 Å². The van der Waals surface area contributed by atoms with E-state index in [2.05, 4.69) is 5.32 Å². The summed E-state index contributed by atoms with van der Waals surface area (Å²) in [5.41, 5.74) is 2.29. The number of ether oxygens (including phenoxy) is 2. The maximum Gasteiger partial charge on any atom is 0.231 e. The molecular weight excluding hydrogens is 262 g/mol. The van der Waals surface area contributed by atoms with Gasteiger partial charge in [0.15, 0.2) is 11.5 Å². The molecule has 0 spiro atoms. The summed E-state index contributed by atoms with van der Waals surface area (Å²) in [5, 5.41) is 4.05. The summed E-state index contributed by atoms with van der Waals surface area (Å²) in [6.07, 6.45) is 0. The number of halogens is 1. The van der Waals surface area contributed by atoms with Crippen molar-refractivity contribution < 1.29 is 9.47 Å². The molecule has 3 nitrogen and oxygen atoms in total. The smallest absolute Gasteiger partial charge is 0.231 e. The zero-order valence-electron chi connectivity index (χ0n) is 10.5. The first-order valence-corrected chi connectivity index (χ1v) is 6.48. The quantitative estimate of drug-likeness (QED) is 0.931. The molecule has 3 rings (SSSR count). The highest BCUT2D eigenvalue weighted by atomic mass is 35.5. The molecule has 0 amide bonds. The summed E-state index contributed by atoms with van der Waals surface area (Å²) < 4.78 is 10.7. The fourth-order valence-electron chi connectivity index (χ4n) is 2.27. The molecule has 0 bridgehead atoms. The summed E-state index contributed by atoms with van der Waals surface area (Å²) in [7, 11) is 1.93. The first kappa shape index (κ1) is 12.3. The Morgan fingerprint density at radius 3 is 2.42 bits per heavy atom. The second-order valence-electron chi connectivity index (χ2n) is 4.39. The van der Waals surface area contributed by atoms with Gasteiger partial charge in [0, 0.05) is 5.02 Å². The van der Waals surface area contributed by atoms with Gasteiger partial charge in [-0.05, 0) is 42.4 Å². The first-order valence-electron chi connectivity index (χ1n) is 6.10. The topological polar surface area (TPSA) is 30.5 Å². The van der Waals surface area contributed by atoms with E-state index in [1.807, 2.05) is 49.5 Å². The standard InChI is InChI=1S/C15H14ClNO2/c1-17-15(10-2-5-12(16)6-3-10)11-4-7-13-14(8-11)19-9-18-13/h2-8,15,17H,9H2,1H3. The number of benzene rings is 2. The second kappa shape index (κ2) is 5.11. The predicted octanol–water partition coefficient (Wildman–Crippen LogP) is 3.38. The Morgan fingerprint density at radius 2 is 1.68 bits per heavy atom. The third-order valence-electron chi connectivity index (χ3n) is 3.22. The molecule has 19 heavy (non-hydrogen) atoms. The first-order chi connectivity index (χ1) is 9.28. The molecule has 0 radical (unpaired) electrons. The van der Waals surface area contributed by atoms with Crippen LogP contribution in [0.15, 0.2) is 42.5 Å². The van der Waals surface area contributed by atoms with Gasteiger partial charge in [0.25, 0.3) is 0 Å². The molecule has 4 heteroatoms. The van der Waals surface area contributed by atoms with Gasteiger partial charge in [0.2, 0.25) is 6.79 Å². The minimum Gasteiger partial charge on any atom is -0.454 e. The average molecular weight is 276 g/mol. The van der Waals surface area contributed by atoms with Crippen molar-refractivity contribution in [2.45, 2.75) is 6.04 Å². The van der Waals surface area contributed by atoms with Gasteiger partial charge in [-0.3, -0.25) is 0 Å². The minimum atomic E-state index is 0.103. The van der Waals surface area contributed by atoms with Crippen LogP contribution in [0.25, 0.3) is 0 Å². The van der Waals surface area contributed by atoms with Gasteiger partial charge in [0.1, 0.15) is 0 Å². The Balaban J connectivity index is 1.96. The van der Waals surface area contributed by atoms with Crippen LogP contribution in [-0.4, -0.2) is 13.8 Å². The Bertz CT molecular complexity index is 583. The van der Waals surface area contributed by atoms with E-state index >= 15 is 0 Å². The van der Waals surface area contributed by atoms with Crippen LogP contribution < -0.4 is 14.8 Å². The lowest BCUT2D eigenvalue weighted by Gasteiger charge is -2.17. The van der Waals surface area contributed by atoms with Crippen LogP contribution in [0.3, 0.4) is 0 Å². The monoisotopic (exact) mass is 275 g/mol. The predicted molar refractivity (Wildman–Crippen MR) is 74.9 cm³/mol. The van der Waals surface area contributed by atoms with E-state index in [1.54, 1.807) is 0 Å². The van der Waals surface area contributed by atoms with Gasteiger partial charge in [-0.25, -0.2) is 0 Å². The van der Waals surface area contributed by atoms with E-state index in [0.29, 0.717) is 6.79 Å². The lowest BCUT2D eigenvalue weighted by atomic mass is 9.98. The van der Waals surface area contributed by atoms with Crippen molar-refractivity contribution in [3.8, 4) is 11.5 Å². The number of fused-ring (bicyclic) bond motifs is 1. The SMILES string of the molecule is CNC(c1ccc(Cl)cc1)c1ccc2c(c1)OCO2. The van der Waals surface area contributed by atoms with E-state index in [9.17, 15) is 0 Å². The highest BCUT2D eigenvalue weighted by Crippen LogP contribution is 2.35. The summed E-state index contributed by atoms with van der Waals surface area (Å²) in [5.74, 6) is 1.60. The zero-order chi connectivity index (χ0) is 13.2. The minimum absolute atomic E-state index is 0.103. The molecule has 1 heterocycles. The van der Waals surface area contributed by atoms with Crippen molar-refractivity contribution in [3.63, 3.8) is 0 Å². The normalized spacial score (nSPS) is 14.4. The molecule has 0 fully saturated rings. The van der Waals surface area contributed by atoms with Crippen LogP contribution in [0.1, 0.15) is 17.2 Å². The molecule has 0 saturated heterocycles. The summed E-state index contributed by atoms with van der Waals surface area (Å²) in [6, 6.07) is 13.9. The van der Waals surface area contributed by atoms with Gasteiger partial charge in [-0.15, -0.1) is 0 Å². The molecule has 1 atom stereocenters. The van der Waals surface area contributed by atoms with E-state index in [4.69, 9.17) is 21.1 Å². The Kier molecular flexibility index (Phi) is 3.32. The zero-order valence-corrected chi connectivity index (χ0v) is 11.3. The maximum absolute atomic E-state index is 5.93. The van der Waals surface area contributed by atoms with Crippen molar-refractivity contribution in [3.05, 3.63) is 58.6 Å². The van der Waals surface area contributed by atoms with E-state index in [0.717, 1.165) is 27.6 Å². The Labute approximate surface area is 117 Å². The molecule has 98 valence electrons. The van der Waals surface area contributed by atoms with Gasteiger partial charge < -0.3 is 14.8 Å². The highest BCUT2D eigenvalue weighted by Gasteiger charge is 2.18. The van der Waals surface area contributed by atoms with Crippen molar-refractivity contribution in [1.82, 2.24) is 5.32 Å². The van der Waals surface area contributed by atoms with E-state index in [1.165, 1.54) is 0 Å². The third kappa shape index (κ3) is 2.39. The van der Waals surface area contributed by atoms with E-state index in [-0.39, 0.29) is 6.04 Å². The molecule has 1 unspecified atom stereocenters. The lowest BCUT2D eigenvalue weighted by Crippen LogP contribution is -2.17. The van der Waals surface area contributed by atoms with Crippen LogP contribution in [-0.2, 0) is 0 Å². The largest absolute Gasteiger partial charge is 0.454 e. The molecule has 0 aliphatic carbocycles. The number of rotatable bonds is 3. The average Bonchev–Trinajstić information content (AvgIpc) is 2.89. The van der Waals surface area contributed by atoms with Crippen LogP contribution in [0.4, 0.5) is 0 Å². The number of hydrogen-bond donors (Lipinski definition) is 1. The highest BCUT2D eigenvalue weighted by molar-refractivity contribution is 6.30. The molecular formula is C15H14ClNO2. The molecule has 0 aromatic heterocycles. The van der Waals surface area contributed by atoms with Crippen LogP contribution >= 0.6 is 11.6 Å². The van der Waals surface area contributed by atoms with E-state index < -0.39 is 0 Å². The number of hydrogen-bond acceptors (Lipinski definition) is 3. The van der Waals surface area contributed by atoms with Gasteiger partial charge in [0.05, 0.1) is 6.04 Å². The lowest BCUT2D eigenvalue weighted by molar-refractivity contribution is 0.174. The molecule has 2 aromatic carbocycles. The van der Waals surface area contributed by atoms with Crippen LogP contribution in [0.5, 0.6) is 11.5 Å². The third-order valence-corrected chi connectivity index (χ3v) is 3.47. The molecule has 0 saturated carbocycles. The molecule has 1 aliphatic heterocycles. The summed E-state index contributed by atoms with van der Waals surface area (Å²) >= 11 is 5.93. The van der Waals surface area contributed by atoms with Crippen molar-refractivity contribution in [1.29, 1.82) is 0 Å². The Hall–Kier alpha value is -1.71. The van der Waals surface area contributed by atoms with Gasteiger partial charge in [-0.1, -0.05) is 29.8 Å². The Morgan fingerprint density at radius 1 is 1.00 bits per heavy atom. The second-order valence-corrected chi connectivity index (χ2v) is 4.82. The van der Waals surface area contributed by atoms with Crippen LogP contribution in [0, 0.1) is 0 Å². The van der Waals surface area contributed by atoms with Gasteiger partial charge >= 0.3 is 0 Å². The molecule has 2 aromatic rings. The summed E-state index contributed by atoms with van der Waals surface area (Å²) in [6.45, 7) is 0.296. The number of nitrogens with one attached hydrogen (secondary N) is 1. The van der Waals surface area contributed by atoms with Crippen molar-refractivity contribution >= 4 is 11.6 Å². The fraction of sp³-hybridized carbons (Fsp3) is 0.200. The molecule has 1 N–H and O–H groups in total. The van der Waals surface area contributed by atoms with Crippen molar-refractivity contribution in [2.24, 2.45) is 0 Å². The van der Waals surface area contributed by atoms with Crippen LogP contribution in [0.2, 0.25) is 5.02 Å².